The van der Waals surface area contributed by atoms with Crippen molar-refractivity contribution >= 4 is 23.9 Å². The summed E-state index contributed by atoms with van der Waals surface area (Å²) in [5, 5.41) is 42.0. The number of unbranched alkanes of at least 4 members (excludes halogenated alkanes) is 6. The van der Waals surface area contributed by atoms with Crippen LogP contribution in [-0.4, -0.2) is 119 Å². The van der Waals surface area contributed by atoms with Crippen LogP contribution in [0.5, 0.6) is 0 Å². The Bertz CT molecular complexity index is 1060. The summed E-state index contributed by atoms with van der Waals surface area (Å²) in [7, 11) is 0. The SMILES string of the molecule is CCCCCCCCCC(=O)O[C@@H]1[C@@H](O[C@]2(CO)O[C@H](CO)[C@H](O)[C@@H]2OC(=O)CC(C)C)O[C@@H](CO)[C@H](OC(=O)C(C)C)[C@H]1OC(=O)C(C)C. The van der Waals surface area contributed by atoms with Crippen molar-refractivity contribution in [3.8, 4) is 0 Å². The lowest BCUT2D eigenvalue weighted by atomic mass is 9.97. The molecule has 0 unspecified atom stereocenters. The molecule has 50 heavy (non-hydrogen) atoms. The zero-order valence-corrected chi connectivity index (χ0v) is 30.6. The van der Waals surface area contributed by atoms with Crippen LogP contribution in [0.25, 0.3) is 0 Å². The molecule has 2 aliphatic rings. The summed E-state index contributed by atoms with van der Waals surface area (Å²) in [6.07, 6.45) is -6.26. The second kappa shape index (κ2) is 21.2. The van der Waals surface area contributed by atoms with Crippen molar-refractivity contribution in [1.82, 2.24) is 0 Å². The molecule has 0 aromatic carbocycles. The molecular formula is C35H60O15. The van der Waals surface area contributed by atoms with Gasteiger partial charge in [0.1, 0.15) is 24.9 Å². The number of carbonyl (C=O) groups is 4. The highest BCUT2D eigenvalue weighted by Crippen LogP contribution is 2.40. The molecule has 9 atom stereocenters. The van der Waals surface area contributed by atoms with E-state index < -0.39 is 110 Å². The van der Waals surface area contributed by atoms with Gasteiger partial charge in [0.15, 0.2) is 24.4 Å². The largest absolute Gasteiger partial charge is 0.455 e. The maximum Gasteiger partial charge on any atom is 0.308 e. The molecular weight excluding hydrogens is 660 g/mol. The molecule has 15 nitrogen and oxygen atoms in total. The number of esters is 4. The molecule has 2 rings (SSSR count). The first-order valence-corrected chi connectivity index (χ1v) is 18.0. The minimum Gasteiger partial charge on any atom is -0.455 e. The molecule has 0 aromatic rings. The van der Waals surface area contributed by atoms with Gasteiger partial charge in [-0.3, -0.25) is 19.2 Å². The second-order valence-corrected chi connectivity index (χ2v) is 14.1. The molecule has 0 aliphatic carbocycles. The molecule has 0 saturated carbocycles. The standard InChI is InChI=1S/C35H60O15/c1-8-9-10-11-12-13-14-15-25(39)45-30-29(48-33(43)22(6)7)28(47-32(42)21(4)5)24(18-37)44-34(30)50-35(19-38)31(27(41)23(17-36)49-35)46-26(40)16-20(2)3/h20-24,27-31,34,36-38,41H,8-19H2,1-7H3/t23-,24+,27+,28+,29-,30+,31+,34-,35+/m1/s1. The van der Waals surface area contributed by atoms with Crippen LogP contribution in [0.4, 0.5) is 0 Å². The highest BCUT2D eigenvalue weighted by molar-refractivity contribution is 5.73. The lowest BCUT2D eigenvalue weighted by Crippen LogP contribution is -2.65. The maximum absolute atomic E-state index is 13.3. The summed E-state index contributed by atoms with van der Waals surface area (Å²) in [4.78, 5) is 52.0. The van der Waals surface area contributed by atoms with E-state index in [1.807, 2.05) is 0 Å². The second-order valence-electron chi connectivity index (χ2n) is 14.1. The molecule has 0 bridgehead atoms. The summed E-state index contributed by atoms with van der Waals surface area (Å²) in [5.41, 5.74) is 0. The Hall–Kier alpha value is -2.40. The van der Waals surface area contributed by atoms with Gasteiger partial charge in [-0.25, -0.2) is 0 Å². The molecule has 0 spiro atoms. The highest BCUT2D eigenvalue weighted by atomic mass is 16.8. The van der Waals surface area contributed by atoms with E-state index in [0.717, 1.165) is 38.5 Å². The number of hydrogen-bond acceptors (Lipinski definition) is 15. The minimum atomic E-state index is -2.39. The van der Waals surface area contributed by atoms with Gasteiger partial charge in [-0.2, -0.15) is 0 Å². The summed E-state index contributed by atoms with van der Waals surface area (Å²) in [5.74, 6) is -6.78. The van der Waals surface area contributed by atoms with Crippen LogP contribution >= 0.6 is 0 Å². The number of aliphatic hydroxyl groups is 4. The molecule has 2 heterocycles. The third-order valence-electron chi connectivity index (χ3n) is 8.50. The number of aliphatic hydroxyl groups excluding tert-OH is 4. The van der Waals surface area contributed by atoms with Crippen LogP contribution in [0, 0.1) is 17.8 Å². The van der Waals surface area contributed by atoms with Crippen LogP contribution in [0.15, 0.2) is 0 Å². The molecule has 15 heteroatoms. The van der Waals surface area contributed by atoms with Crippen LogP contribution in [0.1, 0.15) is 106 Å². The van der Waals surface area contributed by atoms with E-state index in [4.69, 9.17) is 33.2 Å². The number of rotatable bonds is 21. The van der Waals surface area contributed by atoms with E-state index in [1.165, 1.54) is 0 Å². The van der Waals surface area contributed by atoms with Gasteiger partial charge < -0.3 is 53.6 Å². The average molecular weight is 721 g/mol. The lowest BCUT2D eigenvalue weighted by Gasteiger charge is -2.46. The quantitative estimate of drug-likeness (QED) is 0.0761. The normalized spacial score (nSPS) is 29.7. The number of ether oxygens (including phenoxy) is 7. The fourth-order valence-electron chi connectivity index (χ4n) is 5.63. The predicted octanol–water partition coefficient (Wildman–Crippen LogP) is 2.31. The smallest absolute Gasteiger partial charge is 0.308 e. The minimum absolute atomic E-state index is 0.0237. The predicted molar refractivity (Wildman–Crippen MR) is 176 cm³/mol. The Morgan fingerprint density at radius 1 is 0.700 bits per heavy atom. The van der Waals surface area contributed by atoms with Gasteiger partial charge in [0.25, 0.3) is 0 Å². The Morgan fingerprint density at radius 2 is 1.26 bits per heavy atom. The first kappa shape index (κ1) is 43.8. The molecule has 0 radical (unpaired) electrons. The van der Waals surface area contributed by atoms with Gasteiger partial charge in [-0.1, -0.05) is 87.0 Å². The van der Waals surface area contributed by atoms with Crippen molar-refractivity contribution in [1.29, 1.82) is 0 Å². The van der Waals surface area contributed by atoms with Crippen molar-refractivity contribution in [3.63, 3.8) is 0 Å². The van der Waals surface area contributed by atoms with Crippen molar-refractivity contribution < 1.29 is 72.8 Å². The third kappa shape index (κ3) is 12.4. The van der Waals surface area contributed by atoms with E-state index >= 15 is 0 Å². The molecule has 0 aromatic heterocycles. The van der Waals surface area contributed by atoms with Crippen molar-refractivity contribution in [2.45, 2.75) is 161 Å². The van der Waals surface area contributed by atoms with Crippen LogP contribution < -0.4 is 0 Å². The monoisotopic (exact) mass is 720 g/mol. The Kier molecular flexibility index (Phi) is 18.6. The first-order chi connectivity index (χ1) is 23.6. The molecule has 2 saturated heterocycles. The maximum atomic E-state index is 13.3. The zero-order chi connectivity index (χ0) is 37.6. The lowest BCUT2D eigenvalue weighted by molar-refractivity contribution is -0.384. The van der Waals surface area contributed by atoms with Crippen LogP contribution in [-0.2, 0) is 52.3 Å². The molecule has 4 N–H and O–H groups in total. The fourth-order valence-corrected chi connectivity index (χ4v) is 5.63. The van der Waals surface area contributed by atoms with E-state index in [1.54, 1.807) is 41.5 Å². The highest BCUT2D eigenvalue weighted by Gasteiger charge is 2.62. The topological polar surface area (TPSA) is 214 Å². The first-order valence-electron chi connectivity index (χ1n) is 18.0. The summed E-state index contributed by atoms with van der Waals surface area (Å²) < 4.78 is 40.8. The van der Waals surface area contributed by atoms with Gasteiger partial charge in [-0.05, 0) is 12.3 Å². The zero-order valence-electron chi connectivity index (χ0n) is 30.6. The van der Waals surface area contributed by atoms with Gasteiger partial charge in [0.05, 0.1) is 25.0 Å². The van der Waals surface area contributed by atoms with Crippen molar-refractivity contribution in [3.05, 3.63) is 0 Å². The molecule has 2 aliphatic heterocycles. The Labute approximate surface area is 295 Å². The van der Waals surface area contributed by atoms with Crippen LogP contribution in [0.2, 0.25) is 0 Å². The number of carbonyl (C=O) groups excluding carboxylic acids is 4. The summed E-state index contributed by atoms with van der Waals surface area (Å²) in [6.45, 7) is 9.35. The third-order valence-corrected chi connectivity index (χ3v) is 8.50. The Balaban J connectivity index is 2.55. The van der Waals surface area contributed by atoms with Crippen molar-refractivity contribution in [2.75, 3.05) is 19.8 Å². The molecule has 0 amide bonds. The molecule has 290 valence electrons. The van der Waals surface area contributed by atoms with Crippen LogP contribution in [0.3, 0.4) is 0 Å². The van der Waals surface area contributed by atoms with E-state index in [9.17, 15) is 39.6 Å². The number of hydrogen-bond donors (Lipinski definition) is 4. The average Bonchev–Trinajstić information content (AvgIpc) is 3.32. The van der Waals surface area contributed by atoms with E-state index in [0.29, 0.717) is 6.42 Å². The van der Waals surface area contributed by atoms with E-state index in [2.05, 4.69) is 6.92 Å². The fraction of sp³-hybridized carbons (Fsp3) is 0.886. The van der Waals surface area contributed by atoms with E-state index in [-0.39, 0.29) is 18.8 Å². The Morgan fingerprint density at radius 3 is 1.78 bits per heavy atom. The van der Waals surface area contributed by atoms with Gasteiger partial charge in [0, 0.05) is 12.8 Å². The summed E-state index contributed by atoms with van der Waals surface area (Å²) >= 11 is 0. The molecule has 2 fully saturated rings. The van der Waals surface area contributed by atoms with Gasteiger partial charge in [0.2, 0.25) is 12.1 Å². The van der Waals surface area contributed by atoms with Crippen molar-refractivity contribution in [2.24, 2.45) is 17.8 Å². The summed E-state index contributed by atoms with van der Waals surface area (Å²) in [6, 6.07) is 0. The van der Waals surface area contributed by atoms with Gasteiger partial charge in [-0.15, -0.1) is 0 Å². The van der Waals surface area contributed by atoms with Gasteiger partial charge >= 0.3 is 23.9 Å².